The number of nitrogens with zero attached hydrogens (tertiary/aromatic N) is 3. The number of rotatable bonds is 10. The van der Waals surface area contributed by atoms with E-state index in [-0.39, 0.29) is 30.2 Å². The molecule has 1 aromatic carbocycles. The summed E-state index contributed by atoms with van der Waals surface area (Å²) in [6.45, 7) is 4.67. The van der Waals surface area contributed by atoms with Gasteiger partial charge in [0.05, 0.1) is 12.2 Å². The number of nitrogens with one attached hydrogen (secondary N) is 2. The Morgan fingerprint density at radius 1 is 1.10 bits per heavy atom. The quantitative estimate of drug-likeness (QED) is 0.425. The normalized spacial score (nSPS) is 21.3. The van der Waals surface area contributed by atoms with Crippen molar-refractivity contribution in [2.75, 3.05) is 20.1 Å². The van der Waals surface area contributed by atoms with E-state index in [1.54, 1.807) is 11.9 Å². The van der Waals surface area contributed by atoms with Crippen molar-refractivity contribution in [3.05, 3.63) is 60.2 Å². The van der Waals surface area contributed by atoms with Gasteiger partial charge in [0.25, 0.3) is 5.91 Å². The Hall–Kier alpha value is -3.64. The van der Waals surface area contributed by atoms with Crippen LogP contribution in [-0.2, 0) is 30.1 Å². The van der Waals surface area contributed by atoms with Gasteiger partial charge < -0.3 is 19.9 Å². The molecule has 3 heterocycles. The van der Waals surface area contributed by atoms with Crippen LogP contribution in [0.1, 0.15) is 42.7 Å². The number of aromatic nitrogens is 2. The van der Waals surface area contributed by atoms with Gasteiger partial charge in [-0.15, -0.1) is 0 Å². The first-order valence-corrected chi connectivity index (χ1v) is 13.2. The van der Waals surface area contributed by atoms with Crippen molar-refractivity contribution < 1.29 is 28.5 Å². The first-order chi connectivity index (χ1) is 18.7. The van der Waals surface area contributed by atoms with Gasteiger partial charge in [-0.05, 0) is 31.4 Å². The van der Waals surface area contributed by atoms with Crippen LogP contribution in [-0.4, -0.2) is 83.9 Å². The fourth-order valence-corrected chi connectivity index (χ4v) is 5.00. The Bertz CT molecular complexity index is 1140. The van der Waals surface area contributed by atoms with E-state index in [0.29, 0.717) is 19.5 Å². The van der Waals surface area contributed by atoms with Crippen molar-refractivity contribution in [2.24, 2.45) is 5.92 Å². The standard InChI is InChI=1S/C27H34BN5O6/c1-17(2)11-19(28-38-26(36)22-15-30-16-23(33(22)3)27(37)39-28)13-24(34)20(12-18-7-5-4-6-8-18)32-25(35)21-14-29-9-10-31-21/h4-10,14,17,19-20,22-23,30H,11-13,15-16H2,1-3H3,(H,32,35)/t19-,20+,22-,23+/m1/s1. The van der Waals surface area contributed by atoms with Crippen molar-refractivity contribution in [3.63, 3.8) is 0 Å². The molecule has 0 unspecified atom stereocenters. The molecule has 12 heteroatoms. The number of carbonyl (C=O) groups is 4. The smallest absolute Gasteiger partial charge is 0.498 e. The fourth-order valence-electron chi connectivity index (χ4n) is 5.00. The van der Waals surface area contributed by atoms with Crippen LogP contribution in [0.5, 0.6) is 0 Å². The largest absolute Gasteiger partial charge is 0.602 e. The predicted octanol–water partition coefficient (Wildman–Crippen LogP) is 1.05. The lowest BCUT2D eigenvalue weighted by atomic mass is 9.64. The highest BCUT2D eigenvalue weighted by Crippen LogP contribution is 2.30. The number of Topliss-reactive ketones (excluding diaryl/α,β-unsaturated/α-hetero) is 1. The zero-order valence-electron chi connectivity index (χ0n) is 22.4. The molecule has 0 spiro atoms. The molecular weight excluding hydrogens is 501 g/mol. The molecule has 2 saturated heterocycles. The van der Waals surface area contributed by atoms with Gasteiger partial charge >= 0.3 is 19.1 Å². The Morgan fingerprint density at radius 2 is 1.77 bits per heavy atom. The maximum Gasteiger partial charge on any atom is 0.602 e. The third kappa shape index (κ3) is 7.27. The highest BCUT2D eigenvalue weighted by atomic mass is 16.6. The van der Waals surface area contributed by atoms with E-state index in [1.807, 2.05) is 44.2 Å². The number of hydrogen-bond acceptors (Lipinski definition) is 10. The zero-order valence-corrected chi connectivity index (χ0v) is 22.4. The van der Waals surface area contributed by atoms with Gasteiger partial charge in [0.2, 0.25) is 0 Å². The summed E-state index contributed by atoms with van der Waals surface area (Å²) in [5.41, 5.74) is 0.956. The second-order valence-corrected chi connectivity index (χ2v) is 10.5. The molecule has 2 fully saturated rings. The second kappa shape index (κ2) is 12.9. The number of fused-ring (bicyclic) bond motifs is 2. The van der Waals surface area contributed by atoms with E-state index in [0.717, 1.165) is 5.56 Å². The van der Waals surface area contributed by atoms with Gasteiger partial charge in [-0.1, -0.05) is 44.2 Å². The fraction of sp³-hybridized carbons (Fsp3) is 0.481. The van der Waals surface area contributed by atoms with E-state index >= 15 is 0 Å². The van der Waals surface area contributed by atoms with E-state index < -0.39 is 48.9 Å². The summed E-state index contributed by atoms with van der Waals surface area (Å²) in [5.74, 6) is -2.28. The van der Waals surface area contributed by atoms with E-state index in [9.17, 15) is 19.2 Å². The summed E-state index contributed by atoms with van der Waals surface area (Å²) in [7, 11) is 0.489. The predicted molar refractivity (Wildman–Crippen MR) is 142 cm³/mol. The zero-order chi connectivity index (χ0) is 27.9. The summed E-state index contributed by atoms with van der Waals surface area (Å²) in [5, 5.41) is 5.88. The van der Waals surface area contributed by atoms with Crippen molar-refractivity contribution >= 4 is 30.7 Å². The average molecular weight is 535 g/mol. The molecule has 39 heavy (non-hydrogen) atoms. The SMILES string of the molecule is CC(C)C[C@H](CC(=O)[C@H](Cc1ccccc1)NC(=O)c1cnccn1)B1OC(=O)[C@H]2CNC[C@@H](C(=O)O1)N2C. The van der Waals surface area contributed by atoms with Crippen molar-refractivity contribution in [2.45, 2.75) is 57.1 Å². The molecular formula is C27H34BN5O6. The van der Waals surface area contributed by atoms with E-state index in [2.05, 4.69) is 20.6 Å². The topological polar surface area (TPSA) is 140 Å². The Labute approximate surface area is 228 Å². The molecule has 2 aliphatic rings. The molecule has 4 rings (SSSR count). The molecule has 2 bridgehead atoms. The summed E-state index contributed by atoms with van der Waals surface area (Å²) in [4.78, 5) is 62.3. The monoisotopic (exact) mass is 535 g/mol. The minimum absolute atomic E-state index is 0.0644. The number of ketones is 1. The molecule has 1 aromatic heterocycles. The summed E-state index contributed by atoms with van der Waals surface area (Å²) >= 11 is 0. The lowest BCUT2D eigenvalue weighted by Gasteiger charge is -2.40. The van der Waals surface area contributed by atoms with Gasteiger partial charge in [-0.3, -0.25) is 29.1 Å². The Balaban J connectivity index is 1.56. The number of hydrogen-bond donors (Lipinski definition) is 2. The maximum absolute atomic E-state index is 13.8. The molecule has 1 amide bonds. The van der Waals surface area contributed by atoms with Crippen LogP contribution < -0.4 is 10.6 Å². The molecule has 2 aromatic rings. The first-order valence-electron chi connectivity index (χ1n) is 13.2. The number of benzene rings is 1. The molecule has 0 saturated carbocycles. The van der Waals surface area contributed by atoms with Gasteiger partial charge in [0.15, 0.2) is 5.78 Å². The minimum Gasteiger partial charge on any atom is -0.498 e. The summed E-state index contributed by atoms with van der Waals surface area (Å²) in [6.07, 6.45) is 4.85. The Kier molecular flexibility index (Phi) is 9.42. The number of piperazine rings is 1. The Morgan fingerprint density at radius 3 is 2.36 bits per heavy atom. The third-order valence-electron chi connectivity index (χ3n) is 7.06. The van der Waals surface area contributed by atoms with Crippen LogP contribution >= 0.6 is 0 Å². The first kappa shape index (κ1) is 28.4. The highest BCUT2D eigenvalue weighted by Gasteiger charge is 2.48. The van der Waals surface area contributed by atoms with E-state index in [1.165, 1.54) is 18.6 Å². The highest BCUT2D eigenvalue weighted by molar-refractivity contribution is 6.51. The maximum atomic E-state index is 13.8. The summed E-state index contributed by atoms with van der Waals surface area (Å²) in [6, 6.07) is 7.20. The second-order valence-electron chi connectivity index (χ2n) is 10.5. The average Bonchev–Trinajstić information content (AvgIpc) is 2.92. The molecule has 2 aliphatic heterocycles. The molecule has 0 radical (unpaired) electrons. The minimum atomic E-state index is -1.21. The molecule has 206 valence electrons. The molecule has 0 aliphatic carbocycles. The summed E-state index contributed by atoms with van der Waals surface area (Å²) < 4.78 is 11.4. The van der Waals surface area contributed by atoms with Gasteiger partial charge in [-0.2, -0.15) is 0 Å². The lowest BCUT2D eigenvalue weighted by Crippen LogP contribution is -2.64. The van der Waals surface area contributed by atoms with Gasteiger partial charge in [0, 0.05) is 37.7 Å². The van der Waals surface area contributed by atoms with E-state index in [4.69, 9.17) is 9.31 Å². The van der Waals surface area contributed by atoms with Crippen molar-refractivity contribution in [1.82, 2.24) is 25.5 Å². The van der Waals surface area contributed by atoms with Crippen LogP contribution in [0.25, 0.3) is 0 Å². The van der Waals surface area contributed by atoms with Crippen LogP contribution in [0.3, 0.4) is 0 Å². The number of carbonyl (C=O) groups excluding carboxylic acids is 4. The molecule has 4 atom stereocenters. The number of likely N-dealkylation sites (N-methyl/N-ethyl adjacent to an activating group) is 1. The third-order valence-corrected chi connectivity index (χ3v) is 7.06. The van der Waals surface area contributed by atoms with Gasteiger partial charge in [-0.25, -0.2) is 4.98 Å². The van der Waals surface area contributed by atoms with Crippen LogP contribution in [0.15, 0.2) is 48.9 Å². The van der Waals surface area contributed by atoms with Crippen LogP contribution in [0, 0.1) is 5.92 Å². The molecule has 2 N–H and O–H groups in total. The van der Waals surface area contributed by atoms with Crippen molar-refractivity contribution in [3.8, 4) is 0 Å². The van der Waals surface area contributed by atoms with Crippen LogP contribution in [0.2, 0.25) is 5.82 Å². The lowest BCUT2D eigenvalue weighted by molar-refractivity contribution is -0.156. The van der Waals surface area contributed by atoms with Crippen LogP contribution in [0.4, 0.5) is 0 Å². The molecule has 11 nitrogen and oxygen atoms in total. The number of amides is 1. The van der Waals surface area contributed by atoms with Gasteiger partial charge in [0.1, 0.15) is 17.8 Å². The van der Waals surface area contributed by atoms with Crippen molar-refractivity contribution in [1.29, 1.82) is 0 Å².